The topological polar surface area (TPSA) is 15.3 Å². The van der Waals surface area contributed by atoms with Crippen LogP contribution < -0.4 is 5.32 Å². The fourth-order valence-electron chi connectivity index (χ4n) is 4.13. The molecule has 3 atom stereocenters. The van der Waals surface area contributed by atoms with E-state index in [9.17, 15) is 0 Å². The van der Waals surface area contributed by atoms with Gasteiger partial charge < -0.3 is 10.2 Å². The molecule has 2 aliphatic carbocycles. The SMILES string of the molecule is CCC(CC)NCCN(C)CC1CC2CCC1C2. The smallest absolute Gasteiger partial charge is 0.0104 e. The third-order valence-electron chi connectivity index (χ3n) is 5.34. The third kappa shape index (κ3) is 3.71. The number of rotatable bonds is 8. The summed E-state index contributed by atoms with van der Waals surface area (Å²) in [6.07, 6.45) is 8.63. The molecule has 3 unspecified atom stereocenters. The Bertz CT molecular complexity index is 237. The van der Waals surface area contributed by atoms with Crippen LogP contribution in [0.5, 0.6) is 0 Å². The van der Waals surface area contributed by atoms with Crippen molar-refractivity contribution in [3.63, 3.8) is 0 Å². The van der Waals surface area contributed by atoms with E-state index in [-0.39, 0.29) is 0 Å². The lowest BCUT2D eigenvalue weighted by molar-refractivity contribution is 0.218. The van der Waals surface area contributed by atoms with E-state index < -0.39 is 0 Å². The minimum atomic E-state index is 0.723. The highest BCUT2D eigenvalue weighted by Gasteiger charge is 2.39. The van der Waals surface area contributed by atoms with Crippen molar-refractivity contribution < 1.29 is 0 Å². The maximum atomic E-state index is 3.67. The lowest BCUT2D eigenvalue weighted by atomic mass is 9.88. The Kier molecular flexibility index (Phi) is 5.50. The van der Waals surface area contributed by atoms with Crippen molar-refractivity contribution in [2.75, 3.05) is 26.7 Å². The normalized spacial score (nSPS) is 30.8. The zero-order valence-corrected chi connectivity index (χ0v) is 12.6. The van der Waals surface area contributed by atoms with Crippen molar-refractivity contribution >= 4 is 0 Å². The Morgan fingerprint density at radius 1 is 1.17 bits per heavy atom. The first-order chi connectivity index (χ1) is 8.72. The molecule has 0 spiro atoms. The van der Waals surface area contributed by atoms with Crippen LogP contribution in [0.1, 0.15) is 52.4 Å². The van der Waals surface area contributed by atoms with Gasteiger partial charge in [0.25, 0.3) is 0 Å². The van der Waals surface area contributed by atoms with E-state index in [1.807, 2.05) is 0 Å². The summed E-state index contributed by atoms with van der Waals surface area (Å²) in [5.74, 6) is 3.18. The van der Waals surface area contributed by atoms with E-state index in [0.29, 0.717) is 0 Å². The van der Waals surface area contributed by atoms with Crippen LogP contribution in [0.3, 0.4) is 0 Å². The van der Waals surface area contributed by atoms with Crippen molar-refractivity contribution in [3.05, 3.63) is 0 Å². The zero-order valence-electron chi connectivity index (χ0n) is 12.6. The van der Waals surface area contributed by atoms with Gasteiger partial charge in [0.15, 0.2) is 0 Å². The Morgan fingerprint density at radius 2 is 1.94 bits per heavy atom. The molecular formula is C16H32N2. The lowest BCUT2D eigenvalue weighted by Crippen LogP contribution is -2.37. The van der Waals surface area contributed by atoms with Gasteiger partial charge in [0.1, 0.15) is 0 Å². The highest BCUT2D eigenvalue weighted by atomic mass is 15.1. The highest BCUT2D eigenvalue weighted by molar-refractivity contribution is 4.90. The summed E-state index contributed by atoms with van der Waals surface area (Å²) in [5.41, 5.74) is 0. The first-order valence-electron chi connectivity index (χ1n) is 8.14. The van der Waals surface area contributed by atoms with Gasteiger partial charge in [0.2, 0.25) is 0 Å². The second kappa shape index (κ2) is 6.91. The molecule has 2 bridgehead atoms. The number of hydrogen-bond donors (Lipinski definition) is 1. The summed E-state index contributed by atoms with van der Waals surface area (Å²) in [4.78, 5) is 2.56. The van der Waals surface area contributed by atoms with Gasteiger partial charge >= 0.3 is 0 Å². The Labute approximate surface area is 114 Å². The van der Waals surface area contributed by atoms with E-state index in [1.165, 1.54) is 45.2 Å². The van der Waals surface area contributed by atoms with E-state index in [1.54, 1.807) is 6.42 Å². The van der Waals surface area contributed by atoms with Gasteiger partial charge in [-0.05, 0) is 56.9 Å². The Hall–Kier alpha value is -0.0800. The van der Waals surface area contributed by atoms with Crippen molar-refractivity contribution in [1.29, 1.82) is 0 Å². The molecule has 0 aliphatic heterocycles. The van der Waals surface area contributed by atoms with Crippen molar-refractivity contribution in [2.45, 2.75) is 58.4 Å². The molecule has 2 rings (SSSR count). The van der Waals surface area contributed by atoms with E-state index in [0.717, 1.165) is 30.3 Å². The minimum absolute atomic E-state index is 0.723. The first kappa shape index (κ1) is 14.3. The van der Waals surface area contributed by atoms with Crippen molar-refractivity contribution in [2.24, 2.45) is 17.8 Å². The van der Waals surface area contributed by atoms with Gasteiger partial charge in [0.05, 0.1) is 0 Å². The molecule has 2 heteroatoms. The van der Waals surface area contributed by atoms with Crippen LogP contribution in [0.2, 0.25) is 0 Å². The first-order valence-corrected chi connectivity index (χ1v) is 8.14. The molecule has 0 heterocycles. The second-order valence-electron chi connectivity index (χ2n) is 6.66. The van der Waals surface area contributed by atoms with Crippen LogP contribution in [0.25, 0.3) is 0 Å². The number of nitrogens with zero attached hydrogens (tertiary/aromatic N) is 1. The molecule has 2 saturated carbocycles. The number of likely N-dealkylation sites (N-methyl/N-ethyl adjacent to an activating group) is 1. The van der Waals surface area contributed by atoms with Crippen LogP contribution in [0.15, 0.2) is 0 Å². The molecule has 0 aromatic heterocycles. The van der Waals surface area contributed by atoms with Crippen LogP contribution in [-0.2, 0) is 0 Å². The van der Waals surface area contributed by atoms with Crippen LogP contribution >= 0.6 is 0 Å². The van der Waals surface area contributed by atoms with Gasteiger partial charge in [-0.15, -0.1) is 0 Å². The third-order valence-corrected chi connectivity index (χ3v) is 5.34. The molecule has 1 N–H and O–H groups in total. The average Bonchev–Trinajstić information content (AvgIpc) is 2.97. The predicted octanol–water partition coefficient (Wildman–Crippen LogP) is 3.13. The highest BCUT2D eigenvalue weighted by Crippen LogP contribution is 2.48. The molecule has 106 valence electrons. The average molecular weight is 252 g/mol. The van der Waals surface area contributed by atoms with Gasteiger partial charge in [-0.2, -0.15) is 0 Å². The molecule has 2 nitrogen and oxygen atoms in total. The molecule has 2 fully saturated rings. The monoisotopic (exact) mass is 252 g/mol. The summed E-state index contributed by atoms with van der Waals surface area (Å²) in [5, 5.41) is 3.67. The van der Waals surface area contributed by atoms with Gasteiger partial charge in [-0.1, -0.05) is 20.3 Å². The van der Waals surface area contributed by atoms with Gasteiger partial charge in [0, 0.05) is 25.7 Å². The Balaban J connectivity index is 1.59. The maximum Gasteiger partial charge on any atom is 0.0104 e. The molecule has 0 aromatic rings. The van der Waals surface area contributed by atoms with E-state index >= 15 is 0 Å². The maximum absolute atomic E-state index is 3.67. The summed E-state index contributed by atoms with van der Waals surface area (Å²) in [7, 11) is 2.31. The van der Waals surface area contributed by atoms with Gasteiger partial charge in [-0.25, -0.2) is 0 Å². The molecular weight excluding hydrogens is 220 g/mol. The largest absolute Gasteiger partial charge is 0.313 e. The molecule has 0 amide bonds. The van der Waals surface area contributed by atoms with Gasteiger partial charge in [-0.3, -0.25) is 0 Å². The standard InChI is InChI=1S/C16H32N2/c1-4-16(5-2)17-8-9-18(3)12-15-11-13-6-7-14(15)10-13/h13-17H,4-12H2,1-3H3. The summed E-state index contributed by atoms with van der Waals surface area (Å²) >= 11 is 0. The summed E-state index contributed by atoms with van der Waals surface area (Å²) < 4.78 is 0. The quantitative estimate of drug-likeness (QED) is 0.714. The summed E-state index contributed by atoms with van der Waals surface area (Å²) in [6.45, 7) is 8.26. The van der Waals surface area contributed by atoms with E-state index in [2.05, 4.69) is 31.1 Å². The minimum Gasteiger partial charge on any atom is -0.313 e. The zero-order chi connectivity index (χ0) is 13.0. The fraction of sp³-hybridized carbons (Fsp3) is 1.00. The molecule has 0 saturated heterocycles. The van der Waals surface area contributed by atoms with Crippen molar-refractivity contribution in [1.82, 2.24) is 10.2 Å². The molecule has 18 heavy (non-hydrogen) atoms. The van der Waals surface area contributed by atoms with Crippen LogP contribution in [0, 0.1) is 17.8 Å². The lowest BCUT2D eigenvalue weighted by Gasteiger charge is -2.27. The Morgan fingerprint density at radius 3 is 2.50 bits per heavy atom. The number of fused-ring (bicyclic) bond motifs is 2. The fourth-order valence-corrected chi connectivity index (χ4v) is 4.13. The molecule has 0 radical (unpaired) electrons. The van der Waals surface area contributed by atoms with Crippen LogP contribution in [0.4, 0.5) is 0 Å². The van der Waals surface area contributed by atoms with Crippen LogP contribution in [-0.4, -0.2) is 37.6 Å². The summed E-state index contributed by atoms with van der Waals surface area (Å²) in [6, 6.07) is 0.723. The number of hydrogen-bond acceptors (Lipinski definition) is 2. The van der Waals surface area contributed by atoms with E-state index in [4.69, 9.17) is 0 Å². The molecule has 0 aromatic carbocycles. The second-order valence-corrected chi connectivity index (χ2v) is 6.66. The van der Waals surface area contributed by atoms with Crippen molar-refractivity contribution in [3.8, 4) is 0 Å². The number of nitrogens with one attached hydrogen (secondary N) is 1. The predicted molar refractivity (Wildman–Crippen MR) is 78.8 cm³/mol. The molecule has 2 aliphatic rings.